The van der Waals surface area contributed by atoms with Crippen LogP contribution in [0.25, 0.3) is 22.8 Å². The number of aromatic amines is 1. The molecule has 0 aliphatic carbocycles. The molecule has 2 heterocycles. The predicted molar refractivity (Wildman–Crippen MR) is 98.1 cm³/mol. The van der Waals surface area contributed by atoms with Gasteiger partial charge in [-0.05, 0) is 42.3 Å². The number of rotatable bonds is 4. The summed E-state index contributed by atoms with van der Waals surface area (Å²) in [6.45, 7) is 2.59. The standard InChI is InChI=1S/C20H17N3O2/c1-2-25-16-5-3-4-13(8-16)14-6-7-17-18(10-15-11-21-12-22-15)20(24)23-19(17)9-14/h3-12H,2H2,1H3,(H,21,22)(H,23,24)/b18-10-. The van der Waals surface area contributed by atoms with Crippen LogP contribution in [0.15, 0.2) is 55.0 Å². The van der Waals surface area contributed by atoms with Gasteiger partial charge < -0.3 is 15.0 Å². The number of H-pyrrole nitrogens is 1. The molecule has 124 valence electrons. The summed E-state index contributed by atoms with van der Waals surface area (Å²) in [5.74, 6) is 0.731. The van der Waals surface area contributed by atoms with Gasteiger partial charge >= 0.3 is 0 Å². The van der Waals surface area contributed by atoms with Crippen LogP contribution < -0.4 is 10.1 Å². The number of hydrogen-bond acceptors (Lipinski definition) is 3. The molecule has 0 saturated heterocycles. The van der Waals surface area contributed by atoms with Crippen LogP contribution in [0.4, 0.5) is 5.69 Å². The van der Waals surface area contributed by atoms with E-state index in [0.29, 0.717) is 12.2 Å². The van der Waals surface area contributed by atoms with E-state index >= 15 is 0 Å². The Balaban J connectivity index is 1.71. The van der Waals surface area contributed by atoms with Crippen molar-refractivity contribution in [2.45, 2.75) is 6.92 Å². The molecule has 25 heavy (non-hydrogen) atoms. The Kier molecular flexibility index (Phi) is 3.82. The third-order valence-corrected chi connectivity index (χ3v) is 4.10. The van der Waals surface area contributed by atoms with Crippen molar-refractivity contribution in [3.8, 4) is 16.9 Å². The molecule has 2 aromatic carbocycles. The Morgan fingerprint density at radius 3 is 2.84 bits per heavy atom. The SMILES string of the molecule is CCOc1cccc(-c2ccc3c(c2)NC(=O)/C3=C\c2cnc[nH]2)c1. The maximum Gasteiger partial charge on any atom is 0.256 e. The number of nitrogens with zero attached hydrogens (tertiary/aromatic N) is 1. The molecule has 1 amide bonds. The highest BCUT2D eigenvalue weighted by Crippen LogP contribution is 2.36. The van der Waals surface area contributed by atoms with Gasteiger partial charge in [0.2, 0.25) is 0 Å². The summed E-state index contributed by atoms with van der Waals surface area (Å²) in [7, 11) is 0. The van der Waals surface area contributed by atoms with Gasteiger partial charge in [-0.15, -0.1) is 0 Å². The minimum absolute atomic E-state index is 0.107. The molecular formula is C20H17N3O2. The summed E-state index contributed by atoms with van der Waals surface area (Å²) in [6, 6.07) is 13.9. The molecule has 0 unspecified atom stereocenters. The number of aromatic nitrogens is 2. The van der Waals surface area contributed by atoms with E-state index in [9.17, 15) is 4.79 Å². The third-order valence-electron chi connectivity index (χ3n) is 4.10. The van der Waals surface area contributed by atoms with E-state index in [1.807, 2.05) is 55.5 Å². The lowest BCUT2D eigenvalue weighted by Crippen LogP contribution is -2.03. The molecule has 5 nitrogen and oxygen atoms in total. The monoisotopic (exact) mass is 331 g/mol. The van der Waals surface area contributed by atoms with Crippen molar-refractivity contribution >= 4 is 23.2 Å². The first kappa shape index (κ1) is 15.2. The smallest absolute Gasteiger partial charge is 0.256 e. The molecule has 0 saturated carbocycles. The number of hydrogen-bond donors (Lipinski definition) is 2. The Hall–Kier alpha value is -3.34. The minimum Gasteiger partial charge on any atom is -0.494 e. The predicted octanol–water partition coefficient (Wildman–Crippen LogP) is 3.97. The van der Waals surface area contributed by atoms with Crippen molar-refractivity contribution in [2.75, 3.05) is 11.9 Å². The Bertz CT molecular complexity index is 959. The van der Waals surface area contributed by atoms with Crippen LogP contribution in [0.3, 0.4) is 0 Å². The summed E-state index contributed by atoms with van der Waals surface area (Å²) in [6.07, 6.45) is 5.09. The molecule has 3 aromatic rings. The van der Waals surface area contributed by atoms with Crippen LogP contribution in [0.5, 0.6) is 5.75 Å². The van der Waals surface area contributed by atoms with Gasteiger partial charge in [-0.1, -0.05) is 24.3 Å². The number of amides is 1. The summed E-state index contributed by atoms with van der Waals surface area (Å²) >= 11 is 0. The molecule has 0 fully saturated rings. The molecule has 2 N–H and O–H groups in total. The topological polar surface area (TPSA) is 67.0 Å². The first-order valence-corrected chi connectivity index (χ1v) is 8.13. The van der Waals surface area contributed by atoms with Crippen LogP contribution in [-0.2, 0) is 4.79 Å². The van der Waals surface area contributed by atoms with Gasteiger partial charge in [0.1, 0.15) is 5.75 Å². The molecular weight excluding hydrogens is 314 g/mol. The van der Waals surface area contributed by atoms with E-state index in [4.69, 9.17) is 4.74 Å². The highest BCUT2D eigenvalue weighted by molar-refractivity contribution is 6.35. The normalized spacial score (nSPS) is 14.4. The zero-order chi connectivity index (χ0) is 17.2. The number of fused-ring (bicyclic) bond motifs is 1. The summed E-state index contributed by atoms with van der Waals surface area (Å²) in [5.41, 5.74) is 5.22. The maximum atomic E-state index is 12.3. The van der Waals surface area contributed by atoms with Crippen molar-refractivity contribution in [3.05, 3.63) is 66.2 Å². The van der Waals surface area contributed by atoms with Gasteiger partial charge in [0.25, 0.3) is 5.91 Å². The number of ether oxygens (including phenoxy) is 1. The second kappa shape index (κ2) is 6.28. The molecule has 1 aliphatic heterocycles. The number of imidazole rings is 1. The van der Waals surface area contributed by atoms with E-state index in [0.717, 1.165) is 33.8 Å². The fourth-order valence-electron chi connectivity index (χ4n) is 2.95. The fraction of sp³-hybridized carbons (Fsp3) is 0.100. The quantitative estimate of drug-likeness (QED) is 0.711. The molecule has 4 rings (SSSR count). The molecule has 0 radical (unpaired) electrons. The average molecular weight is 331 g/mol. The first-order valence-electron chi connectivity index (χ1n) is 8.13. The first-order chi connectivity index (χ1) is 12.2. The Morgan fingerprint density at radius 1 is 1.16 bits per heavy atom. The molecule has 0 bridgehead atoms. The lowest BCUT2D eigenvalue weighted by molar-refractivity contribution is -0.110. The number of anilines is 1. The largest absolute Gasteiger partial charge is 0.494 e. The molecule has 5 heteroatoms. The molecule has 0 atom stereocenters. The highest BCUT2D eigenvalue weighted by atomic mass is 16.5. The lowest BCUT2D eigenvalue weighted by Gasteiger charge is -2.08. The van der Waals surface area contributed by atoms with E-state index in [2.05, 4.69) is 15.3 Å². The van der Waals surface area contributed by atoms with E-state index < -0.39 is 0 Å². The molecule has 0 spiro atoms. The van der Waals surface area contributed by atoms with Gasteiger partial charge in [0, 0.05) is 11.3 Å². The van der Waals surface area contributed by atoms with E-state index in [1.165, 1.54) is 0 Å². The fourth-order valence-corrected chi connectivity index (χ4v) is 2.95. The van der Waals surface area contributed by atoms with Crippen LogP contribution in [0, 0.1) is 0 Å². The van der Waals surface area contributed by atoms with Crippen LogP contribution in [0.2, 0.25) is 0 Å². The maximum absolute atomic E-state index is 12.3. The molecule has 1 aromatic heterocycles. The second-order valence-electron chi connectivity index (χ2n) is 5.74. The van der Waals surface area contributed by atoms with Crippen LogP contribution in [-0.4, -0.2) is 22.5 Å². The summed E-state index contributed by atoms with van der Waals surface area (Å²) in [4.78, 5) is 19.3. The minimum atomic E-state index is -0.107. The number of benzene rings is 2. The van der Waals surface area contributed by atoms with Crippen molar-refractivity contribution in [3.63, 3.8) is 0 Å². The number of carbonyl (C=O) groups is 1. The van der Waals surface area contributed by atoms with Crippen molar-refractivity contribution in [1.82, 2.24) is 9.97 Å². The summed E-state index contributed by atoms with van der Waals surface area (Å²) < 4.78 is 5.57. The van der Waals surface area contributed by atoms with Crippen molar-refractivity contribution in [1.29, 1.82) is 0 Å². The van der Waals surface area contributed by atoms with Gasteiger partial charge in [-0.3, -0.25) is 4.79 Å². The highest BCUT2D eigenvalue weighted by Gasteiger charge is 2.24. The zero-order valence-electron chi connectivity index (χ0n) is 13.7. The number of nitrogens with one attached hydrogen (secondary N) is 2. The van der Waals surface area contributed by atoms with E-state index in [-0.39, 0.29) is 5.91 Å². The van der Waals surface area contributed by atoms with Crippen LogP contribution >= 0.6 is 0 Å². The van der Waals surface area contributed by atoms with Crippen molar-refractivity contribution < 1.29 is 9.53 Å². The number of carbonyl (C=O) groups excluding carboxylic acids is 1. The Morgan fingerprint density at radius 2 is 2.04 bits per heavy atom. The summed E-state index contributed by atoms with van der Waals surface area (Å²) in [5, 5.41) is 2.94. The zero-order valence-corrected chi connectivity index (χ0v) is 13.7. The van der Waals surface area contributed by atoms with Gasteiger partial charge in [-0.25, -0.2) is 4.98 Å². The third kappa shape index (κ3) is 2.92. The van der Waals surface area contributed by atoms with Crippen LogP contribution in [0.1, 0.15) is 18.2 Å². The Labute approximate surface area is 145 Å². The van der Waals surface area contributed by atoms with Crippen molar-refractivity contribution in [2.24, 2.45) is 0 Å². The van der Waals surface area contributed by atoms with Gasteiger partial charge in [-0.2, -0.15) is 0 Å². The van der Waals surface area contributed by atoms with E-state index in [1.54, 1.807) is 12.5 Å². The van der Waals surface area contributed by atoms with Gasteiger partial charge in [0.15, 0.2) is 0 Å². The van der Waals surface area contributed by atoms with Gasteiger partial charge in [0.05, 0.1) is 30.4 Å². The molecule has 1 aliphatic rings. The lowest BCUT2D eigenvalue weighted by atomic mass is 10.00. The average Bonchev–Trinajstić information content (AvgIpc) is 3.24. The second-order valence-corrected chi connectivity index (χ2v) is 5.74.